The summed E-state index contributed by atoms with van der Waals surface area (Å²) in [5.41, 5.74) is 3.16. The van der Waals surface area contributed by atoms with Gasteiger partial charge in [-0.2, -0.15) is 0 Å². The predicted molar refractivity (Wildman–Crippen MR) is 88.2 cm³/mol. The van der Waals surface area contributed by atoms with Crippen molar-refractivity contribution in [2.75, 3.05) is 11.4 Å². The molecule has 0 unspecified atom stereocenters. The fourth-order valence-corrected chi connectivity index (χ4v) is 2.11. The number of hydrogen-bond donors (Lipinski definition) is 1. The summed E-state index contributed by atoms with van der Waals surface area (Å²) in [6, 6.07) is 17.6. The molecule has 0 heterocycles. The summed E-state index contributed by atoms with van der Waals surface area (Å²) in [5, 5.41) is 2.81. The minimum absolute atomic E-state index is 0.132. The number of anilines is 1. The third kappa shape index (κ3) is 4.21. The number of para-hydroxylation sites is 1. The van der Waals surface area contributed by atoms with E-state index in [1.165, 1.54) is 5.56 Å². The van der Waals surface area contributed by atoms with Gasteiger partial charge in [-0.25, -0.2) is 4.79 Å². The van der Waals surface area contributed by atoms with Crippen LogP contribution in [0.4, 0.5) is 10.5 Å². The Balaban J connectivity index is 2.00. The molecule has 0 aliphatic rings. The highest BCUT2D eigenvalue weighted by molar-refractivity contribution is 5.92. The second kappa shape index (κ2) is 7.29. The summed E-state index contributed by atoms with van der Waals surface area (Å²) < 4.78 is 0. The van der Waals surface area contributed by atoms with Crippen molar-refractivity contribution in [1.82, 2.24) is 5.32 Å². The third-order valence-corrected chi connectivity index (χ3v) is 3.15. The summed E-state index contributed by atoms with van der Waals surface area (Å²) >= 11 is 0. The maximum Gasteiger partial charge on any atom is 0.325 e. The molecule has 3 nitrogen and oxygen atoms in total. The minimum atomic E-state index is -0.132. The summed E-state index contributed by atoms with van der Waals surface area (Å²) in [6.45, 7) is 4.62. The first kappa shape index (κ1) is 14.9. The number of rotatable bonds is 4. The first-order valence-corrected chi connectivity index (χ1v) is 7.07. The van der Waals surface area contributed by atoms with Gasteiger partial charge in [0, 0.05) is 18.4 Å². The van der Waals surface area contributed by atoms with Crippen LogP contribution in [-0.4, -0.2) is 12.6 Å². The molecule has 0 aliphatic heterocycles. The van der Waals surface area contributed by atoms with Crippen LogP contribution < -0.4 is 10.2 Å². The lowest BCUT2D eigenvalue weighted by molar-refractivity contribution is 0.249. The van der Waals surface area contributed by atoms with E-state index in [1.807, 2.05) is 68.5 Å². The number of nitrogens with one attached hydrogen (secondary N) is 1. The monoisotopic (exact) mass is 280 g/mol. The molecule has 0 saturated heterocycles. The van der Waals surface area contributed by atoms with E-state index in [-0.39, 0.29) is 6.03 Å². The van der Waals surface area contributed by atoms with E-state index >= 15 is 0 Å². The topological polar surface area (TPSA) is 32.3 Å². The second-order valence-electron chi connectivity index (χ2n) is 4.78. The van der Waals surface area contributed by atoms with Crippen molar-refractivity contribution in [1.29, 1.82) is 0 Å². The lowest BCUT2D eigenvalue weighted by Gasteiger charge is -2.20. The van der Waals surface area contributed by atoms with Crippen molar-refractivity contribution in [2.45, 2.75) is 13.8 Å². The van der Waals surface area contributed by atoms with Gasteiger partial charge in [-0.1, -0.05) is 48.0 Å². The van der Waals surface area contributed by atoms with Crippen LogP contribution in [0.2, 0.25) is 0 Å². The van der Waals surface area contributed by atoms with E-state index in [9.17, 15) is 4.79 Å². The first-order chi connectivity index (χ1) is 10.2. The molecular formula is C18H20N2O. The Morgan fingerprint density at radius 2 is 1.90 bits per heavy atom. The molecule has 1 N–H and O–H groups in total. The maximum atomic E-state index is 12.2. The fraction of sp³-hybridized carbons (Fsp3) is 0.167. The van der Waals surface area contributed by atoms with Crippen LogP contribution in [0.15, 0.2) is 60.8 Å². The van der Waals surface area contributed by atoms with Crippen molar-refractivity contribution < 1.29 is 4.79 Å². The molecule has 21 heavy (non-hydrogen) atoms. The van der Waals surface area contributed by atoms with E-state index in [1.54, 1.807) is 11.1 Å². The lowest BCUT2D eigenvalue weighted by atomic mass is 10.1. The molecule has 0 fully saturated rings. The van der Waals surface area contributed by atoms with Crippen molar-refractivity contribution in [3.8, 4) is 0 Å². The van der Waals surface area contributed by atoms with Gasteiger partial charge < -0.3 is 5.32 Å². The molecule has 2 amide bonds. The Labute approximate surface area is 125 Å². The molecule has 2 aromatic rings. The van der Waals surface area contributed by atoms with E-state index < -0.39 is 0 Å². The maximum absolute atomic E-state index is 12.2. The van der Waals surface area contributed by atoms with Crippen molar-refractivity contribution in [2.24, 2.45) is 0 Å². The third-order valence-electron chi connectivity index (χ3n) is 3.15. The van der Waals surface area contributed by atoms with Crippen LogP contribution in [0.3, 0.4) is 0 Å². The molecular weight excluding hydrogens is 260 g/mol. The summed E-state index contributed by atoms with van der Waals surface area (Å²) in [7, 11) is 0. The number of aryl methyl sites for hydroxylation is 1. The van der Waals surface area contributed by atoms with Crippen molar-refractivity contribution in [3.05, 3.63) is 71.9 Å². The Hall–Kier alpha value is -2.55. The molecule has 2 aromatic carbocycles. The van der Waals surface area contributed by atoms with Gasteiger partial charge in [0.2, 0.25) is 0 Å². The van der Waals surface area contributed by atoms with Gasteiger partial charge in [0.15, 0.2) is 0 Å². The smallest absolute Gasteiger partial charge is 0.314 e. The largest absolute Gasteiger partial charge is 0.325 e. The summed E-state index contributed by atoms with van der Waals surface area (Å²) in [4.78, 5) is 13.9. The SMILES string of the molecule is CCN(C(=O)N/C=C/c1cccc(C)c1)c1ccccc1. The number of carbonyl (C=O) groups excluding carboxylic acids is 1. The Morgan fingerprint density at radius 1 is 1.14 bits per heavy atom. The van der Waals surface area contributed by atoms with Crippen LogP contribution in [0.5, 0.6) is 0 Å². The van der Waals surface area contributed by atoms with E-state index in [2.05, 4.69) is 11.4 Å². The Kier molecular flexibility index (Phi) is 5.16. The quantitative estimate of drug-likeness (QED) is 0.894. The number of carbonyl (C=O) groups is 1. The summed E-state index contributed by atoms with van der Waals surface area (Å²) in [6.07, 6.45) is 3.58. The van der Waals surface area contributed by atoms with Gasteiger partial charge in [-0.3, -0.25) is 4.90 Å². The molecule has 0 radical (unpaired) electrons. The first-order valence-electron chi connectivity index (χ1n) is 7.07. The highest BCUT2D eigenvalue weighted by Crippen LogP contribution is 2.12. The average molecular weight is 280 g/mol. The van der Waals surface area contributed by atoms with Gasteiger partial charge in [0.05, 0.1) is 0 Å². The van der Waals surface area contributed by atoms with Gasteiger partial charge >= 0.3 is 6.03 Å². The van der Waals surface area contributed by atoms with Gasteiger partial charge in [-0.15, -0.1) is 0 Å². The standard InChI is InChI=1S/C18H20N2O/c1-3-20(17-10-5-4-6-11-17)18(21)19-13-12-16-9-7-8-15(2)14-16/h4-14H,3H2,1-2H3,(H,19,21)/b13-12+. The average Bonchev–Trinajstić information content (AvgIpc) is 2.49. The van der Waals surface area contributed by atoms with E-state index in [0.29, 0.717) is 6.54 Å². The van der Waals surface area contributed by atoms with Crippen molar-refractivity contribution in [3.63, 3.8) is 0 Å². The Bertz CT molecular complexity index is 620. The molecule has 0 aliphatic carbocycles. The molecule has 3 heteroatoms. The van der Waals surface area contributed by atoms with E-state index in [4.69, 9.17) is 0 Å². The molecule has 108 valence electrons. The highest BCUT2D eigenvalue weighted by atomic mass is 16.2. The molecule has 0 saturated carbocycles. The number of hydrogen-bond acceptors (Lipinski definition) is 1. The zero-order valence-electron chi connectivity index (χ0n) is 12.4. The molecule has 0 spiro atoms. The lowest BCUT2D eigenvalue weighted by Crippen LogP contribution is -2.37. The van der Waals surface area contributed by atoms with Gasteiger partial charge in [-0.05, 0) is 37.6 Å². The van der Waals surface area contributed by atoms with Gasteiger partial charge in [0.1, 0.15) is 0 Å². The Morgan fingerprint density at radius 3 is 2.57 bits per heavy atom. The molecule has 0 atom stereocenters. The van der Waals surface area contributed by atoms with Crippen LogP contribution in [0.25, 0.3) is 6.08 Å². The number of nitrogens with zero attached hydrogens (tertiary/aromatic N) is 1. The predicted octanol–water partition coefficient (Wildman–Crippen LogP) is 4.20. The number of amides is 2. The summed E-state index contributed by atoms with van der Waals surface area (Å²) in [5.74, 6) is 0. The zero-order chi connectivity index (χ0) is 15.1. The highest BCUT2D eigenvalue weighted by Gasteiger charge is 2.11. The number of urea groups is 1. The second-order valence-corrected chi connectivity index (χ2v) is 4.78. The molecule has 0 bridgehead atoms. The normalized spacial score (nSPS) is 10.6. The fourth-order valence-electron chi connectivity index (χ4n) is 2.11. The van der Waals surface area contributed by atoms with E-state index in [0.717, 1.165) is 11.3 Å². The van der Waals surface area contributed by atoms with Crippen LogP contribution >= 0.6 is 0 Å². The van der Waals surface area contributed by atoms with Crippen molar-refractivity contribution >= 4 is 17.8 Å². The minimum Gasteiger partial charge on any atom is -0.314 e. The molecule has 0 aromatic heterocycles. The van der Waals surface area contributed by atoms with Gasteiger partial charge in [0.25, 0.3) is 0 Å². The van der Waals surface area contributed by atoms with Crippen LogP contribution in [0, 0.1) is 6.92 Å². The zero-order valence-corrected chi connectivity index (χ0v) is 12.4. The van der Waals surface area contributed by atoms with Crippen LogP contribution in [-0.2, 0) is 0 Å². The van der Waals surface area contributed by atoms with Crippen LogP contribution in [0.1, 0.15) is 18.1 Å². The number of benzene rings is 2. The molecule has 2 rings (SSSR count).